The molecule has 0 aliphatic carbocycles. The van der Waals surface area contributed by atoms with Gasteiger partial charge in [0.2, 0.25) is 0 Å². The minimum Gasteiger partial charge on any atom is -0.463 e. The molecule has 0 amide bonds. The van der Waals surface area contributed by atoms with Crippen LogP contribution < -0.4 is 15.5 Å². The minimum absolute atomic E-state index is 0.223. The van der Waals surface area contributed by atoms with E-state index in [9.17, 15) is 5.11 Å². The van der Waals surface area contributed by atoms with E-state index in [1.54, 1.807) is 13.0 Å². The number of benzene rings is 1. The molecule has 0 spiro atoms. The van der Waals surface area contributed by atoms with Crippen LogP contribution in [0.3, 0.4) is 0 Å². The second-order valence-corrected chi connectivity index (χ2v) is 7.47. The quantitative estimate of drug-likeness (QED) is 0.351. The lowest BCUT2D eigenvalue weighted by Gasteiger charge is -2.19. The SMILES string of the molecule is CCNC(=NCC(C)(O)c1ccc(C)o1)NCCCc1ccc(N(C)C)cc1. The average molecular weight is 387 g/mol. The van der Waals surface area contributed by atoms with E-state index in [1.807, 2.05) is 34.0 Å². The van der Waals surface area contributed by atoms with Gasteiger partial charge in [-0.2, -0.15) is 0 Å². The summed E-state index contributed by atoms with van der Waals surface area (Å²) in [6, 6.07) is 12.3. The lowest BCUT2D eigenvalue weighted by atomic mass is 10.0. The van der Waals surface area contributed by atoms with Crippen LogP contribution in [0.4, 0.5) is 5.69 Å². The first-order chi connectivity index (χ1) is 13.3. The van der Waals surface area contributed by atoms with Crippen LogP contribution in [-0.4, -0.2) is 44.8 Å². The molecule has 2 aromatic rings. The van der Waals surface area contributed by atoms with E-state index in [1.165, 1.54) is 11.3 Å². The first-order valence-corrected chi connectivity index (χ1v) is 9.89. The van der Waals surface area contributed by atoms with Crippen molar-refractivity contribution >= 4 is 11.6 Å². The van der Waals surface area contributed by atoms with Crippen molar-refractivity contribution in [3.05, 3.63) is 53.5 Å². The van der Waals surface area contributed by atoms with Gasteiger partial charge in [-0.05, 0) is 63.4 Å². The highest BCUT2D eigenvalue weighted by atomic mass is 16.4. The molecule has 2 rings (SSSR count). The molecule has 1 aromatic carbocycles. The van der Waals surface area contributed by atoms with Gasteiger partial charge in [-0.25, -0.2) is 4.99 Å². The van der Waals surface area contributed by atoms with Crippen LogP contribution in [0.25, 0.3) is 0 Å². The Morgan fingerprint density at radius 1 is 1.14 bits per heavy atom. The van der Waals surface area contributed by atoms with Crippen molar-refractivity contribution in [2.45, 2.75) is 39.2 Å². The number of furan rings is 1. The predicted molar refractivity (Wildman–Crippen MR) is 116 cm³/mol. The fourth-order valence-corrected chi connectivity index (χ4v) is 2.84. The van der Waals surface area contributed by atoms with E-state index in [2.05, 4.69) is 44.8 Å². The summed E-state index contributed by atoms with van der Waals surface area (Å²) >= 11 is 0. The first kappa shape index (κ1) is 21.8. The van der Waals surface area contributed by atoms with Crippen LogP contribution in [0.5, 0.6) is 0 Å². The molecule has 3 N–H and O–H groups in total. The zero-order chi connectivity index (χ0) is 20.6. The average Bonchev–Trinajstić information content (AvgIpc) is 3.11. The monoisotopic (exact) mass is 386 g/mol. The van der Waals surface area contributed by atoms with Crippen molar-refractivity contribution in [2.75, 3.05) is 38.6 Å². The molecule has 1 unspecified atom stereocenters. The summed E-state index contributed by atoms with van der Waals surface area (Å²) in [5, 5.41) is 17.2. The third-order valence-corrected chi connectivity index (χ3v) is 4.55. The number of aliphatic hydroxyl groups is 1. The van der Waals surface area contributed by atoms with Gasteiger partial charge in [0, 0.05) is 32.9 Å². The number of nitrogens with zero attached hydrogens (tertiary/aromatic N) is 2. The maximum atomic E-state index is 10.6. The molecule has 154 valence electrons. The molecule has 0 saturated carbocycles. The molecule has 28 heavy (non-hydrogen) atoms. The minimum atomic E-state index is -1.13. The van der Waals surface area contributed by atoms with Gasteiger partial charge in [0.05, 0.1) is 6.54 Å². The summed E-state index contributed by atoms with van der Waals surface area (Å²) in [6.07, 6.45) is 2.00. The molecule has 6 heteroatoms. The summed E-state index contributed by atoms with van der Waals surface area (Å²) in [4.78, 5) is 6.63. The number of anilines is 1. The number of guanidine groups is 1. The summed E-state index contributed by atoms with van der Waals surface area (Å²) in [6.45, 7) is 7.40. The molecule has 0 fully saturated rings. The second kappa shape index (κ2) is 10.2. The zero-order valence-corrected chi connectivity index (χ0v) is 17.7. The van der Waals surface area contributed by atoms with Crippen molar-refractivity contribution in [3.63, 3.8) is 0 Å². The van der Waals surface area contributed by atoms with Gasteiger partial charge in [-0.15, -0.1) is 0 Å². The van der Waals surface area contributed by atoms with Crippen molar-refractivity contribution in [2.24, 2.45) is 4.99 Å². The van der Waals surface area contributed by atoms with Gasteiger partial charge in [-0.1, -0.05) is 12.1 Å². The van der Waals surface area contributed by atoms with Gasteiger partial charge in [-0.3, -0.25) is 0 Å². The van der Waals surface area contributed by atoms with E-state index in [0.29, 0.717) is 11.7 Å². The highest BCUT2D eigenvalue weighted by Gasteiger charge is 2.26. The standard InChI is InChI=1S/C22H34N4O2/c1-6-23-21(25-16-22(3,27)20-14-9-17(2)28-20)24-15-7-8-18-10-12-19(13-11-18)26(4)5/h9-14,27H,6-8,15-16H2,1-5H3,(H2,23,24,25). The Kier molecular flexibility index (Phi) is 7.93. The molecule has 0 aliphatic rings. The third kappa shape index (κ3) is 6.60. The zero-order valence-electron chi connectivity index (χ0n) is 17.7. The summed E-state index contributed by atoms with van der Waals surface area (Å²) < 4.78 is 5.55. The molecule has 0 saturated heterocycles. The Labute approximate surface area is 168 Å². The summed E-state index contributed by atoms with van der Waals surface area (Å²) in [5.41, 5.74) is 1.40. The molecular weight excluding hydrogens is 352 g/mol. The Hall–Kier alpha value is -2.47. The van der Waals surface area contributed by atoms with Crippen LogP contribution in [0.2, 0.25) is 0 Å². The number of aryl methyl sites for hydroxylation is 2. The normalized spacial score (nSPS) is 13.9. The summed E-state index contributed by atoms with van der Waals surface area (Å²) in [5.74, 6) is 2.02. The van der Waals surface area contributed by atoms with Gasteiger partial charge in [0.15, 0.2) is 5.96 Å². The van der Waals surface area contributed by atoms with Gasteiger partial charge < -0.3 is 25.1 Å². The number of rotatable bonds is 9. The van der Waals surface area contributed by atoms with E-state index in [0.717, 1.165) is 31.7 Å². The molecule has 0 bridgehead atoms. The van der Waals surface area contributed by atoms with E-state index < -0.39 is 5.60 Å². The third-order valence-electron chi connectivity index (χ3n) is 4.55. The molecule has 0 radical (unpaired) electrons. The van der Waals surface area contributed by atoms with Crippen LogP contribution in [0.15, 0.2) is 45.8 Å². The van der Waals surface area contributed by atoms with Crippen LogP contribution in [0, 0.1) is 6.92 Å². The molecule has 0 aliphatic heterocycles. The van der Waals surface area contributed by atoms with Crippen molar-refractivity contribution in [3.8, 4) is 0 Å². The predicted octanol–water partition coefficient (Wildman–Crippen LogP) is 3.05. The maximum Gasteiger partial charge on any atom is 0.191 e. The lowest BCUT2D eigenvalue weighted by Crippen LogP contribution is -2.39. The van der Waals surface area contributed by atoms with Gasteiger partial charge in [0.25, 0.3) is 0 Å². The number of nitrogens with one attached hydrogen (secondary N) is 2. The number of aliphatic imine (C=N–C) groups is 1. The molecule has 1 aromatic heterocycles. The Bertz CT molecular complexity index is 748. The largest absolute Gasteiger partial charge is 0.463 e. The lowest BCUT2D eigenvalue weighted by molar-refractivity contribution is 0.0428. The van der Waals surface area contributed by atoms with E-state index >= 15 is 0 Å². The Morgan fingerprint density at radius 2 is 1.86 bits per heavy atom. The molecule has 1 atom stereocenters. The smallest absolute Gasteiger partial charge is 0.191 e. The van der Waals surface area contributed by atoms with Crippen molar-refractivity contribution in [1.82, 2.24) is 10.6 Å². The Morgan fingerprint density at radius 3 is 2.43 bits per heavy atom. The highest BCUT2D eigenvalue weighted by molar-refractivity contribution is 5.79. The fraction of sp³-hybridized carbons (Fsp3) is 0.500. The summed E-state index contributed by atoms with van der Waals surface area (Å²) in [7, 11) is 4.09. The Balaban J connectivity index is 1.84. The van der Waals surface area contributed by atoms with Crippen LogP contribution in [-0.2, 0) is 12.0 Å². The van der Waals surface area contributed by atoms with Crippen molar-refractivity contribution in [1.29, 1.82) is 0 Å². The topological polar surface area (TPSA) is 73.0 Å². The maximum absolute atomic E-state index is 10.6. The molecule has 6 nitrogen and oxygen atoms in total. The van der Waals surface area contributed by atoms with Gasteiger partial charge >= 0.3 is 0 Å². The number of hydrogen-bond acceptors (Lipinski definition) is 4. The first-order valence-electron chi connectivity index (χ1n) is 9.89. The van der Waals surface area contributed by atoms with Gasteiger partial charge in [0.1, 0.15) is 17.1 Å². The highest BCUT2D eigenvalue weighted by Crippen LogP contribution is 2.23. The van der Waals surface area contributed by atoms with Crippen molar-refractivity contribution < 1.29 is 9.52 Å². The number of hydrogen-bond donors (Lipinski definition) is 3. The van der Waals surface area contributed by atoms with E-state index in [4.69, 9.17) is 4.42 Å². The van der Waals surface area contributed by atoms with Crippen LogP contribution >= 0.6 is 0 Å². The molecular formula is C22H34N4O2. The van der Waals surface area contributed by atoms with E-state index in [-0.39, 0.29) is 6.54 Å². The van der Waals surface area contributed by atoms with Crippen LogP contribution in [0.1, 0.15) is 37.4 Å². The fourth-order valence-electron chi connectivity index (χ4n) is 2.84. The second-order valence-electron chi connectivity index (χ2n) is 7.47. The molecule has 1 heterocycles.